The Morgan fingerprint density at radius 2 is 1.61 bits per heavy atom. The minimum Gasteiger partial charge on any atom is -0.698 e. The van der Waals surface area contributed by atoms with Crippen molar-refractivity contribution in [3.05, 3.63) is 131 Å². The Kier molecular flexibility index (Phi) is 13.5. The molecule has 0 saturated carbocycles. The van der Waals surface area contributed by atoms with Crippen LogP contribution >= 0.6 is 0 Å². The van der Waals surface area contributed by atoms with Crippen LogP contribution < -0.4 is 9.47 Å². The van der Waals surface area contributed by atoms with Crippen molar-refractivity contribution in [2.75, 3.05) is 13.2 Å². The van der Waals surface area contributed by atoms with Crippen molar-refractivity contribution in [3.63, 3.8) is 0 Å². The van der Waals surface area contributed by atoms with Crippen LogP contribution in [-0.2, 0) is 37.4 Å². The molecule has 6 rings (SSSR count). The number of carbonyl (C=O) groups excluding carboxylic acids is 1. The van der Waals surface area contributed by atoms with E-state index in [1.807, 2.05) is 24.3 Å². The van der Waals surface area contributed by atoms with Crippen LogP contribution in [0.4, 0.5) is 5.69 Å². The number of fused-ring (bicyclic) bond motifs is 1. The molecule has 4 aromatic carbocycles. The van der Waals surface area contributed by atoms with Crippen molar-refractivity contribution in [2.45, 2.75) is 57.9 Å². The Morgan fingerprint density at radius 1 is 0.959 bits per heavy atom. The molecular weight excluding hydrogens is 669 g/mol. The maximum absolute atomic E-state index is 12.2. The summed E-state index contributed by atoms with van der Waals surface area (Å²) in [5, 5.41) is 20.9. The van der Waals surface area contributed by atoms with E-state index < -0.39 is 24.6 Å². The van der Waals surface area contributed by atoms with Crippen molar-refractivity contribution in [1.82, 2.24) is 4.90 Å². The average Bonchev–Trinajstić information content (AvgIpc) is 3.73. The third-order valence-corrected chi connectivity index (χ3v) is 8.17. The van der Waals surface area contributed by atoms with Crippen molar-refractivity contribution in [3.8, 4) is 11.5 Å². The van der Waals surface area contributed by atoms with E-state index in [2.05, 4.69) is 22.0 Å². The molecule has 0 aromatic heterocycles. The van der Waals surface area contributed by atoms with Crippen LogP contribution in [-0.4, -0.2) is 64.3 Å². The zero-order valence-electron chi connectivity index (χ0n) is 27.3. The van der Waals surface area contributed by atoms with E-state index in [0.717, 1.165) is 25.9 Å². The molecule has 2 heterocycles. The van der Waals surface area contributed by atoms with E-state index in [1.165, 1.54) is 11.6 Å². The Morgan fingerprint density at radius 3 is 2.27 bits per heavy atom. The third-order valence-electron chi connectivity index (χ3n) is 8.17. The number of ketones is 1. The number of rotatable bonds is 11. The molecule has 1 saturated heterocycles. The van der Waals surface area contributed by atoms with Crippen LogP contribution in [0.3, 0.4) is 0 Å². The van der Waals surface area contributed by atoms with E-state index in [4.69, 9.17) is 19.9 Å². The van der Waals surface area contributed by atoms with Gasteiger partial charge in [0, 0.05) is 12.1 Å². The van der Waals surface area contributed by atoms with Gasteiger partial charge >= 0.3 is 28.9 Å². The first-order valence-electron chi connectivity index (χ1n) is 16.0. The Labute approximate surface area is 296 Å². The molecule has 0 aliphatic carbocycles. The fourth-order valence-corrected chi connectivity index (χ4v) is 5.79. The molecule has 0 radical (unpaired) electrons. The monoisotopic (exact) mass is 708 g/mol. The Hall–Kier alpha value is -4.54. The summed E-state index contributed by atoms with van der Waals surface area (Å²) in [5.41, 5.74) is 11.5. The molecule has 0 bridgehead atoms. The minimum atomic E-state index is -1.53. The summed E-state index contributed by atoms with van der Waals surface area (Å²) in [7, 11) is 0. The molecule has 11 heteroatoms. The van der Waals surface area contributed by atoms with Crippen LogP contribution in [0.2, 0.25) is 0 Å². The largest absolute Gasteiger partial charge is 2.00 e. The predicted molar refractivity (Wildman–Crippen MR) is 183 cm³/mol. The number of aliphatic hydroxyl groups is 1. The van der Waals surface area contributed by atoms with Gasteiger partial charge in [0.1, 0.15) is 11.9 Å². The number of benzene rings is 4. The first-order valence-corrected chi connectivity index (χ1v) is 16.0. The van der Waals surface area contributed by atoms with Crippen LogP contribution in [0, 0.1) is 0 Å². The predicted octanol–water partition coefficient (Wildman–Crippen LogP) is 6.72. The quantitative estimate of drug-likeness (QED) is 0.129. The molecule has 2 aliphatic heterocycles. The number of aliphatic hydroxyl groups excluding tert-OH is 1. The molecule has 258 valence electrons. The van der Waals surface area contributed by atoms with E-state index in [-0.39, 0.29) is 28.2 Å². The number of aliphatic imine (C=N–C) groups is 1. The molecule has 2 aliphatic rings. The zero-order valence-corrected chi connectivity index (χ0v) is 28.3. The zero-order chi connectivity index (χ0) is 34.0. The number of nitrogens with zero attached hydrogens (tertiary/aromatic N) is 2. The summed E-state index contributed by atoms with van der Waals surface area (Å²) in [4.78, 5) is 30.3. The fraction of sp³-hybridized carbons (Fsp3) is 0.289. The molecule has 3 N–H and O–H groups in total. The summed E-state index contributed by atoms with van der Waals surface area (Å²) in [6.07, 6.45) is 0.707. The summed E-state index contributed by atoms with van der Waals surface area (Å²) < 4.78 is 16.3. The van der Waals surface area contributed by atoms with Crippen molar-refractivity contribution >= 4 is 23.2 Å². The SMILES string of the molecule is CC(=O)[C@H]1CCCN1Cc1ccccc1.CCOC1Oc2ccc([C@@H](O)[C@@H](N=C(c3ccccc3)c3ccccc3[NH-])C(=O)O)cc2O1.[Ni+2]. The molecule has 0 amide bonds. The Balaban J connectivity index is 0.000000283. The second kappa shape index (κ2) is 17.7. The first kappa shape index (κ1) is 37.3. The standard InChI is InChI=1S/C25H24N2O6.C13H17NO.Ni/c1-2-31-25-32-19-13-12-16(14-20(19)33-25)23(28)22(24(29)30)27-21(15-8-4-3-5-9-15)17-10-6-7-11-18(17)26;1-11(15)13-8-5-9-14(13)10-12-6-3-2-4-7-12;/h3-14,22-23,25,28H,2H2,1H3,(H3,26,27,29,30);2-4,6-7,13H,5,8-10H2,1H3;/q;;+2/p-1/t22-,23-,25?;13-;/m11./s1. The topological polar surface area (TPSA) is 142 Å². The van der Waals surface area contributed by atoms with Crippen molar-refractivity contribution in [2.24, 2.45) is 4.99 Å². The van der Waals surface area contributed by atoms with Crippen LogP contribution in [0.5, 0.6) is 11.5 Å². The van der Waals surface area contributed by atoms with Gasteiger partial charge in [-0.2, -0.15) is 0 Å². The fourth-order valence-electron chi connectivity index (χ4n) is 5.79. The van der Waals surface area contributed by atoms with E-state index >= 15 is 0 Å². The Bertz CT molecular complexity index is 1720. The van der Waals surface area contributed by atoms with Gasteiger partial charge in [-0.15, -0.1) is 5.69 Å². The van der Waals surface area contributed by atoms with Gasteiger partial charge in [0.25, 0.3) is 0 Å². The molecule has 4 aromatic rings. The van der Waals surface area contributed by atoms with E-state index in [9.17, 15) is 19.8 Å². The second-order valence-corrected chi connectivity index (χ2v) is 11.5. The molecular formula is C38H40N3NiO7+. The average molecular weight is 709 g/mol. The minimum absolute atomic E-state index is 0. The normalized spacial score (nSPS) is 18.1. The number of hydrogen-bond donors (Lipinski definition) is 2. The number of nitrogens with one attached hydrogen (secondary N) is 1. The van der Waals surface area contributed by atoms with Gasteiger partial charge in [-0.25, -0.2) is 4.79 Å². The molecule has 1 fully saturated rings. The maximum Gasteiger partial charge on any atom is 2.00 e. The third kappa shape index (κ3) is 9.55. The van der Waals surface area contributed by atoms with E-state index in [1.54, 1.807) is 74.5 Å². The van der Waals surface area contributed by atoms with Gasteiger partial charge < -0.3 is 30.2 Å². The van der Waals surface area contributed by atoms with Crippen LogP contribution in [0.15, 0.2) is 108 Å². The van der Waals surface area contributed by atoms with Gasteiger partial charge in [0.2, 0.25) is 0 Å². The molecule has 10 nitrogen and oxygen atoms in total. The number of carboxylic acid groups (broad SMARTS) is 1. The summed E-state index contributed by atoms with van der Waals surface area (Å²) in [5.74, 6) is -0.211. The molecule has 1 unspecified atom stereocenters. The number of aliphatic carboxylic acids is 1. The van der Waals surface area contributed by atoms with Gasteiger partial charge in [-0.05, 0) is 62.1 Å². The van der Waals surface area contributed by atoms with Gasteiger partial charge in [-0.1, -0.05) is 91.0 Å². The number of ether oxygens (including phenoxy) is 3. The summed E-state index contributed by atoms with van der Waals surface area (Å²) in [6, 6.07) is 29.5. The van der Waals surface area contributed by atoms with Gasteiger partial charge in [0.15, 0.2) is 17.5 Å². The number of Topliss-reactive ketones (excluding diaryl/α,β-unsaturated/α-hetero) is 1. The van der Waals surface area contributed by atoms with Crippen LogP contribution in [0.1, 0.15) is 55.0 Å². The number of carboxylic acids is 1. The van der Waals surface area contributed by atoms with Crippen molar-refractivity contribution in [1.29, 1.82) is 0 Å². The van der Waals surface area contributed by atoms with Crippen LogP contribution in [0.25, 0.3) is 5.73 Å². The smallest absolute Gasteiger partial charge is 0.698 e. The maximum atomic E-state index is 12.2. The number of likely N-dealkylation sites (tertiary alicyclic amines) is 1. The summed E-state index contributed by atoms with van der Waals surface area (Å²) >= 11 is 0. The summed E-state index contributed by atoms with van der Waals surface area (Å²) in [6.45, 7) is 4.98. The first-order chi connectivity index (χ1) is 23.2. The second-order valence-electron chi connectivity index (χ2n) is 11.5. The van der Waals surface area contributed by atoms with E-state index in [0.29, 0.717) is 46.3 Å². The molecule has 4 atom stereocenters. The molecule has 49 heavy (non-hydrogen) atoms. The van der Waals surface area contributed by atoms with Gasteiger partial charge in [0.05, 0.1) is 18.4 Å². The van der Waals surface area contributed by atoms with Crippen molar-refractivity contribution < 1.29 is 50.5 Å². The molecule has 0 spiro atoms. The van der Waals surface area contributed by atoms with Gasteiger partial charge in [-0.3, -0.25) is 14.7 Å². The number of carbonyl (C=O) groups is 2. The number of hydrogen-bond acceptors (Lipinski definition) is 8.